The van der Waals surface area contributed by atoms with Crippen LogP contribution >= 0.6 is 0 Å². The zero-order valence-corrected chi connectivity index (χ0v) is 20.1. The molecule has 0 bridgehead atoms. The van der Waals surface area contributed by atoms with Crippen LogP contribution in [0.15, 0.2) is 43.0 Å². The maximum Gasteiger partial charge on any atom is 0.256 e. The van der Waals surface area contributed by atoms with Gasteiger partial charge in [0.2, 0.25) is 10.0 Å². The molecule has 1 N–H and O–H groups in total. The maximum atomic E-state index is 12.6. The number of anilines is 1. The lowest BCUT2D eigenvalue weighted by atomic mass is 9.85. The first-order valence-electron chi connectivity index (χ1n) is 10.7. The molecule has 1 aromatic carbocycles. The Balaban J connectivity index is 1.75. The Bertz CT molecular complexity index is 1280. The lowest BCUT2D eigenvalue weighted by Gasteiger charge is -2.31. The van der Waals surface area contributed by atoms with E-state index in [-0.39, 0.29) is 17.6 Å². The van der Waals surface area contributed by atoms with E-state index in [1.165, 1.54) is 16.9 Å². The molecular weight excluding hydrogens is 444 g/mol. The molecule has 1 saturated heterocycles. The number of aromatic nitrogens is 4. The highest BCUT2D eigenvalue weighted by atomic mass is 32.2. The number of imidazole rings is 1. The summed E-state index contributed by atoms with van der Waals surface area (Å²) in [5.41, 5.74) is 0.786. The Morgan fingerprint density at radius 3 is 2.58 bits per heavy atom. The molecule has 1 aliphatic rings. The van der Waals surface area contributed by atoms with E-state index in [0.717, 1.165) is 0 Å². The van der Waals surface area contributed by atoms with Gasteiger partial charge in [-0.05, 0) is 25.5 Å². The summed E-state index contributed by atoms with van der Waals surface area (Å²) in [7, 11) is -1.92. The second-order valence-electron chi connectivity index (χ2n) is 8.60. The first kappa shape index (κ1) is 23.3. The number of nitrogens with zero attached hydrogens (tertiary/aromatic N) is 5. The van der Waals surface area contributed by atoms with Crippen LogP contribution in [0.5, 0.6) is 0 Å². The minimum atomic E-state index is -3.48. The fraction of sp³-hybridized carbons (Fsp3) is 0.455. The number of carbonyl (C=O) groups excluding carboxylic acids is 1. The summed E-state index contributed by atoms with van der Waals surface area (Å²) < 4.78 is 34.4. The molecule has 11 heteroatoms. The van der Waals surface area contributed by atoms with Crippen LogP contribution in [-0.4, -0.2) is 63.1 Å². The second kappa shape index (κ2) is 8.47. The summed E-state index contributed by atoms with van der Waals surface area (Å²) in [6.45, 7) is 6.00. The quantitative estimate of drug-likeness (QED) is 0.586. The van der Waals surface area contributed by atoms with Crippen molar-refractivity contribution >= 4 is 32.9 Å². The van der Waals surface area contributed by atoms with Crippen molar-refractivity contribution in [1.29, 1.82) is 0 Å². The largest absolute Gasteiger partial charge is 0.350 e. The number of ether oxygens (including phenoxy) is 1. The van der Waals surface area contributed by atoms with Gasteiger partial charge in [0.1, 0.15) is 6.33 Å². The Morgan fingerprint density at radius 1 is 1.24 bits per heavy atom. The van der Waals surface area contributed by atoms with Gasteiger partial charge in [-0.25, -0.2) is 23.4 Å². The van der Waals surface area contributed by atoms with Crippen LogP contribution in [0.3, 0.4) is 0 Å². The molecule has 176 valence electrons. The summed E-state index contributed by atoms with van der Waals surface area (Å²) in [6, 6.07) is 8.33. The van der Waals surface area contributed by atoms with Crippen LogP contribution in [0.25, 0.3) is 11.2 Å². The van der Waals surface area contributed by atoms with Gasteiger partial charge in [0.15, 0.2) is 23.2 Å². The van der Waals surface area contributed by atoms with Gasteiger partial charge in [0, 0.05) is 18.5 Å². The first-order valence-corrected chi connectivity index (χ1v) is 12.6. The normalized spacial score (nSPS) is 25.6. The Hall–Kier alpha value is -2.89. The molecule has 0 aliphatic carbocycles. The molecule has 4 atom stereocenters. The number of rotatable bonds is 6. The zero-order chi connectivity index (χ0) is 24.0. The van der Waals surface area contributed by atoms with E-state index in [1.807, 2.05) is 26.8 Å². The van der Waals surface area contributed by atoms with Gasteiger partial charge in [-0.3, -0.25) is 9.36 Å². The fourth-order valence-electron chi connectivity index (χ4n) is 4.30. The molecule has 1 amide bonds. The highest BCUT2D eigenvalue weighted by molar-refractivity contribution is 7.88. The molecule has 1 fully saturated rings. The SMILES string of the molecule is CC[C@@]1(C)O[C@@H](n2cnc3c(NC(=O)c4ccccc4)ncnc32)[C@H](N(C)S(C)(=O)=O)[C@@H]1C. The molecule has 0 unspecified atom stereocenters. The van der Waals surface area contributed by atoms with Crippen molar-refractivity contribution < 1.29 is 17.9 Å². The van der Waals surface area contributed by atoms with Crippen molar-refractivity contribution in [3.63, 3.8) is 0 Å². The molecule has 0 spiro atoms. The van der Waals surface area contributed by atoms with E-state index >= 15 is 0 Å². The van der Waals surface area contributed by atoms with Gasteiger partial charge in [0.25, 0.3) is 5.91 Å². The third-order valence-electron chi connectivity index (χ3n) is 6.70. The number of fused-ring (bicyclic) bond motifs is 1. The molecular formula is C22H28N6O4S. The third kappa shape index (κ3) is 4.11. The van der Waals surface area contributed by atoms with Crippen LogP contribution in [0, 0.1) is 5.92 Å². The minimum absolute atomic E-state index is 0.0937. The van der Waals surface area contributed by atoms with E-state index in [1.54, 1.807) is 42.2 Å². The van der Waals surface area contributed by atoms with E-state index in [9.17, 15) is 13.2 Å². The average Bonchev–Trinajstić information content (AvgIpc) is 3.33. The summed E-state index contributed by atoms with van der Waals surface area (Å²) >= 11 is 0. The number of benzene rings is 1. The van der Waals surface area contributed by atoms with E-state index in [4.69, 9.17) is 4.74 Å². The van der Waals surface area contributed by atoms with Gasteiger partial charge in [-0.1, -0.05) is 32.0 Å². The highest BCUT2D eigenvalue weighted by Crippen LogP contribution is 2.46. The predicted octanol–water partition coefficient (Wildman–Crippen LogP) is 2.67. The van der Waals surface area contributed by atoms with Crippen LogP contribution in [0.4, 0.5) is 5.82 Å². The van der Waals surface area contributed by atoms with Gasteiger partial charge in [-0.2, -0.15) is 4.31 Å². The number of carbonyl (C=O) groups is 1. The Morgan fingerprint density at radius 2 is 1.94 bits per heavy atom. The van der Waals surface area contributed by atoms with Crippen LogP contribution in [0.1, 0.15) is 43.8 Å². The molecule has 4 rings (SSSR count). The predicted molar refractivity (Wildman–Crippen MR) is 124 cm³/mol. The van der Waals surface area contributed by atoms with Crippen LogP contribution < -0.4 is 5.32 Å². The first-order chi connectivity index (χ1) is 15.6. The molecule has 33 heavy (non-hydrogen) atoms. The van der Waals surface area contributed by atoms with Crippen molar-refractivity contribution in [3.8, 4) is 0 Å². The van der Waals surface area contributed by atoms with Crippen LogP contribution in [0.2, 0.25) is 0 Å². The van der Waals surface area contributed by atoms with Crippen LogP contribution in [-0.2, 0) is 14.8 Å². The topological polar surface area (TPSA) is 119 Å². The van der Waals surface area contributed by atoms with E-state index in [2.05, 4.69) is 20.3 Å². The summed E-state index contributed by atoms with van der Waals surface area (Å²) in [5, 5.41) is 2.79. The molecule has 0 saturated carbocycles. The zero-order valence-electron chi connectivity index (χ0n) is 19.3. The number of hydrogen-bond acceptors (Lipinski definition) is 7. The third-order valence-corrected chi connectivity index (χ3v) is 7.99. The minimum Gasteiger partial charge on any atom is -0.350 e. The van der Waals surface area contributed by atoms with Crippen molar-refractivity contribution in [2.45, 2.75) is 45.1 Å². The molecule has 3 aromatic rings. The Kier molecular flexibility index (Phi) is 5.97. The van der Waals surface area contributed by atoms with E-state index in [0.29, 0.717) is 23.1 Å². The molecule has 2 aromatic heterocycles. The monoisotopic (exact) mass is 472 g/mol. The summed E-state index contributed by atoms with van der Waals surface area (Å²) in [5.74, 6) is -0.141. The summed E-state index contributed by atoms with van der Waals surface area (Å²) in [4.78, 5) is 25.6. The summed E-state index contributed by atoms with van der Waals surface area (Å²) in [6.07, 6.45) is 4.14. The molecule has 3 heterocycles. The van der Waals surface area contributed by atoms with Gasteiger partial charge >= 0.3 is 0 Å². The number of sulfonamides is 1. The lowest BCUT2D eigenvalue weighted by molar-refractivity contribution is -0.0758. The highest BCUT2D eigenvalue weighted by Gasteiger charge is 2.53. The average molecular weight is 473 g/mol. The maximum absolute atomic E-state index is 12.6. The molecule has 0 radical (unpaired) electrons. The van der Waals surface area contributed by atoms with Crippen molar-refractivity contribution in [2.75, 3.05) is 18.6 Å². The number of amides is 1. The van der Waals surface area contributed by atoms with Gasteiger partial charge < -0.3 is 10.1 Å². The molecule has 10 nitrogen and oxygen atoms in total. The number of hydrogen-bond donors (Lipinski definition) is 1. The fourth-order valence-corrected chi connectivity index (χ4v) is 5.03. The molecule has 1 aliphatic heterocycles. The van der Waals surface area contributed by atoms with E-state index < -0.39 is 27.9 Å². The van der Waals surface area contributed by atoms with Gasteiger partial charge in [-0.15, -0.1) is 0 Å². The van der Waals surface area contributed by atoms with Gasteiger partial charge in [0.05, 0.1) is 24.2 Å². The Labute approximate surface area is 193 Å². The van der Waals surface area contributed by atoms with Crippen molar-refractivity contribution in [2.24, 2.45) is 5.92 Å². The van der Waals surface area contributed by atoms with Crippen molar-refractivity contribution in [3.05, 3.63) is 48.5 Å². The number of nitrogens with one attached hydrogen (secondary N) is 1. The van der Waals surface area contributed by atoms with Crippen molar-refractivity contribution in [1.82, 2.24) is 23.8 Å². The number of likely N-dealkylation sites (N-methyl/N-ethyl adjacent to an activating group) is 1. The second-order valence-corrected chi connectivity index (χ2v) is 10.6. The lowest BCUT2D eigenvalue weighted by Crippen LogP contribution is -2.44. The standard InChI is InChI=1S/C22H28N6O4S/c1-6-22(3)14(2)17(27(4)33(5,30)31)21(32-22)28-13-25-16-18(23-12-24-19(16)28)26-20(29)15-10-8-7-9-11-15/h7-14,17,21H,6H2,1-5H3,(H,23,24,26,29)/t14-,17+,21+,22+/m0/s1. The smallest absolute Gasteiger partial charge is 0.256 e.